The molecule has 162 valence electrons. The Balaban J connectivity index is 1.62. The lowest BCUT2D eigenvalue weighted by atomic mass is 9.78. The van der Waals surface area contributed by atoms with Crippen molar-refractivity contribution < 1.29 is 26.3 Å². The lowest BCUT2D eigenvalue weighted by Crippen LogP contribution is -2.35. The highest BCUT2D eigenvalue weighted by atomic mass is 19.4. The van der Waals surface area contributed by atoms with Crippen LogP contribution in [0.3, 0.4) is 0 Å². The van der Waals surface area contributed by atoms with Gasteiger partial charge in [-0.3, -0.25) is 4.68 Å². The zero-order chi connectivity index (χ0) is 21.7. The van der Waals surface area contributed by atoms with E-state index >= 15 is 0 Å². The first kappa shape index (κ1) is 20.8. The number of aromatic nitrogens is 2. The van der Waals surface area contributed by atoms with Crippen molar-refractivity contribution in [3.8, 4) is 11.1 Å². The SMILES string of the molecule is C=C(CC1CC(F)(F)C1)Nc1nn2c(c1-c1ccc(F)cc1)CC(C(F)(F)F)CC2. The van der Waals surface area contributed by atoms with E-state index < -0.39 is 23.8 Å². The van der Waals surface area contributed by atoms with E-state index in [0.717, 1.165) is 0 Å². The van der Waals surface area contributed by atoms with Crippen molar-refractivity contribution in [2.45, 2.75) is 50.7 Å². The number of alkyl halides is 5. The quantitative estimate of drug-likeness (QED) is 0.576. The van der Waals surface area contributed by atoms with Crippen LogP contribution in [0.15, 0.2) is 36.5 Å². The normalized spacial score (nSPS) is 21.1. The van der Waals surface area contributed by atoms with Gasteiger partial charge in [0.1, 0.15) is 5.82 Å². The summed E-state index contributed by atoms with van der Waals surface area (Å²) in [5.41, 5.74) is 1.89. The van der Waals surface area contributed by atoms with Gasteiger partial charge in [-0.15, -0.1) is 0 Å². The molecule has 1 atom stereocenters. The number of hydrogen-bond acceptors (Lipinski definition) is 2. The summed E-state index contributed by atoms with van der Waals surface area (Å²) in [4.78, 5) is 0. The van der Waals surface area contributed by atoms with Gasteiger partial charge in [0, 0.05) is 42.8 Å². The van der Waals surface area contributed by atoms with Crippen LogP contribution < -0.4 is 5.32 Å². The molecule has 1 aliphatic carbocycles. The van der Waals surface area contributed by atoms with Crippen molar-refractivity contribution >= 4 is 5.82 Å². The molecule has 1 aromatic carbocycles. The van der Waals surface area contributed by atoms with Crippen molar-refractivity contribution in [3.63, 3.8) is 0 Å². The van der Waals surface area contributed by atoms with Crippen molar-refractivity contribution in [2.24, 2.45) is 11.8 Å². The third-order valence-electron chi connectivity index (χ3n) is 5.79. The van der Waals surface area contributed by atoms with E-state index in [0.29, 0.717) is 34.8 Å². The maximum Gasteiger partial charge on any atom is 0.392 e. The van der Waals surface area contributed by atoms with E-state index in [4.69, 9.17) is 0 Å². The summed E-state index contributed by atoms with van der Waals surface area (Å²) in [7, 11) is 0. The summed E-state index contributed by atoms with van der Waals surface area (Å²) in [6, 6.07) is 5.45. The summed E-state index contributed by atoms with van der Waals surface area (Å²) in [5.74, 6) is -4.45. The molecule has 30 heavy (non-hydrogen) atoms. The van der Waals surface area contributed by atoms with E-state index in [1.54, 1.807) is 0 Å². The fourth-order valence-electron chi connectivity index (χ4n) is 4.29. The molecule has 0 radical (unpaired) electrons. The van der Waals surface area contributed by atoms with Gasteiger partial charge in [-0.25, -0.2) is 13.2 Å². The summed E-state index contributed by atoms with van der Waals surface area (Å²) >= 11 is 0. The Bertz CT molecular complexity index is 937. The van der Waals surface area contributed by atoms with Crippen LogP contribution in [0.4, 0.5) is 32.2 Å². The maximum absolute atomic E-state index is 13.4. The molecule has 1 aromatic heterocycles. The number of fused-ring (bicyclic) bond motifs is 1. The molecule has 1 N–H and O–H groups in total. The molecule has 1 unspecified atom stereocenters. The first-order valence-corrected chi connectivity index (χ1v) is 9.77. The summed E-state index contributed by atoms with van der Waals surface area (Å²) < 4.78 is 81.1. The molecule has 0 saturated heterocycles. The van der Waals surface area contributed by atoms with Gasteiger partial charge in [-0.1, -0.05) is 18.7 Å². The smallest absolute Gasteiger partial charge is 0.342 e. The predicted molar refractivity (Wildman–Crippen MR) is 101 cm³/mol. The number of allylic oxidation sites excluding steroid dienone is 1. The van der Waals surface area contributed by atoms with Crippen LogP contribution >= 0.6 is 0 Å². The second-order valence-corrected chi connectivity index (χ2v) is 8.19. The highest BCUT2D eigenvalue weighted by Gasteiger charge is 2.45. The Morgan fingerprint density at radius 1 is 1.20 bits per heavy atom. The molecule has 4 rings (SSSR count). The van der Waals surface area contributed by atoms with Gasteiger partial charge in [0.2, 0.25) is 5.92 Å². The first-order valence-electron chi connectivity index (χ1n) is 9.77. The number of benzene rings is 1. The molecule has 0 spiro atoms. The van der Waals surface area contributed by atoms with Crippen LogP contribution in [0.1, 0.15) is 31.4 Å². The number of hydrogen-bond donors (Lipinski definition) is 1. The second kappa shape index (κ2) is 7.35. The van der Waals surface area contributed by atoms with E-state index in [-0.39, 0.29) is 38.1 Å². The van der Waals surface area contributed by atoms with Gasteiger partial charge in [-0.05, 0) is 36.5 Å². The summed E-state index contributed by atoms with van der Waals surface area (Å²) in [6.45, 7) is 3.99. The molecule has 1 fully saturated rings. The predicted octanol–water partition coefficient (Wildman–Crippen LogP) is 6.17. The van der Waals surface area contributed by atoms with Gasteiger partial charge in [0.25, 0.3) is 0 Å². The molecular weight excluding hydrogens is 408 g/mol. The van der Waals surface area contributed by atoms with E-state index in [9.17, 15) is 26.3 Å². The first-order chi connectivity index (χ1) is 14.0. The fourth-order valence-corrected chi connectivity index (χ4v) is 4.29. The molecule has 3 nitrogen and oxygen atoms in total. The molecule has 2 aliphatic rings. The lowest BCUT2D eigenvalue weighted by molar-refractivity contribution is -0.179. The fraction of sp³-hybridized carbons (Fsp3) is 0.476. The molecule has 0 bridgehead atoms. The third kappa shape index (κ3) is 4.20. The van der Waals surface area contributed by atoms with Crippen LogP contribution in [0, 0.1) is 17.7 Å². The van der Waals surface area contributed by atoms with Crippen molar-refractivity contribution in [3.05, 3.63) is 48.1 Å². The van der Waals surface area contributed by atoms with Crippen LogP contribution in [-0.2, 0) is 13.0 Å². The monoisotopic (exact) mass is 429 g/mol. The van der Waals surface area contributed by atoms with Gasteiger partial charge in [0.15, 0.2) is 5.82 Å². The van der Waals surface area contributed by atoms with Gasteiger partial charge in [-0.2, -0.15) is 18.3 Å². The maximum atomic E-state index is 13.4. The minimum absolute atomic E-state index is 0.0709. The Kier molecular flexibility index (Phi) is 5.10. The van der Waals surface area contributed by atoms with Crippen molar-refractivity contribution in [1.29, 1.82) is 0 Å². The summed E-state index contributed by atoms with van der Waals surface area (Å²) in [6.07, 6.45) is -4.70. The van der Waals surface area contributed by atoms with Crippen LogP contribution in [-0.4, -0.2) is 21.9 Å². The number of rotatable bonds is 5. The highest BCUT2D eigenvalue weighted by molar-refractivity contribution is 5.79. The van der Waals surface area contributed by atoms with Gasteiger partial charge in [0.05, 0.1) is 5.92 Å². The van der Waals surface area contributed by atoms with Crippen LogP contribution in [0.2, 0.25) is 0 Å². The van der Waals surface area contributed by atoms with E-state index in [1.165, 1.54) is 28.9 Å². The number of aryl methyl sites for hydroxylation is 1. The average Bonchev–Trinajstić information content (AvgIpc) is 2.97. The Morgan fingerprint density at radius 2 is 1.87 bits per heavy atom. The molecule has 1 aliphatic heterocycles. The largest absolute Gasteiger partial charge is 0.392 e. The van der Waals surface area contributed by atoms with Crippen molar-refractivity contribution in [1.82, 2.24) is 9.78 Å². The molecule has 9 heteroatoms. The van der Waals surface area contributed by atoms with E-state index in [2.05, 4.69) is 17.0 Å². The molecular formula is C21H21F6N3. The Morgan fingerprint density at radius 3 is 2.47 bits per heavy atom. The minimum Gasteiger partial charge on any atom is -0.342 e. The second-order valence-electron chi connectivity index (χ2n) is 8.19. The number of nitrogens with zero attached hydrogens (tertiary/aromatic N) is 2. The summed E-state index contributed by atoms with van der Waals surface area (Å²) in [5, 5.41) is 7.44. The molecule has 0 amide bonds. The Hall–Kier alpha value is -2.45. The number of anilines is 1. The number of nitrogens with one attached hydrogen (secondary N) is 1. The van der Waals surface area contributed by atoms with Gasteiger partial charge < -0.3 is 5.32 Å². The Labute approximate surface area is 169 Å². The number of halogens is 6. The van der Waals surface area contributed by atoms with Crippen LogP contribution in [0.5, 0.6) is 0 Å². The van der Waals surface area contributed by atoms with Gasteiger partial charge >= 0.3 is 6.18 Å². The standard InChI is InChI=1S/C21H21F6N3/c1-12(8-13-10-20(23,24)11-13)28-19-18(14-2-4-16(22)5-3-14)17-9-15(21(25,26)27)6-7-30(17)29-19/h2-5,13,15H,1,6-11H2,(H,28,29). The topological polar surface area (TPSA) is 29.9 Å². The molecule has 1 saturated carbocycles. The highest BCUT2D eigenvalue weighted by Crippen LogP contribution is 2.46. The molecule has 2 heterocycles. The van der Waals surface area contributed by atoms with Crippen LogP contribution in [0.25, 0.3) is 11.1 Å². The average molecular weight is 429 g/mol. The minimum atomic E-state index is -4.32. The van der Waals surface area contributed by atoms with E-state index in [1.807, 2.05) is 0 Å². The molecule has 2 aromatic rings. The lowest BCUT2D eigenvalue weighted by Gasteiger charge is -2.35. The van der Waals surface area contributed by atoms with Crippen molar-refractivity contribution in [2.75, 3.05) is 5.32 Å². The zero-order valence-corrected chi connectivity index (χ0v) is 16.1. The zero-order valence-electron chi connectivity index (χ0n) is 16.1. The third-order valence-corrected chi connectivity index (χ3v) is 5.79.